The number of hydrogen-bond acceptors (Lipinski definition) is 5. The van der Waals surface area contributed by atoms with Crippen molar-refractivity contribution in [2.45, 2.75) is 38.8 Å². The summed E-state index contributed by atoms with van der Waals surface area (Å²) in [5, 5.41) is 9.95. The minimum Gasteiger partial charge on any atom is -0.508 e. The number of amides is 1. The van der Waals surface area contributed by atoms with E-state index in [0.717, 1.165) is 12.8 Å². The smallest absolute Gasteiger partial charge is 0.290 e. The molecule has 1 saturated carbocycles. The van der Waals surface area contributed by atoms with Gasteiger partial charge in [0.2, 0.25) is 0 Å². The fourth-order valence-electron chi connectivity index (χ4n) is 4.77. The lowest BCUT2D eigenvalue weighted by atomic mass is 9.70. The third-order valence-electron chi connectivity index (χ3n) is 6.53. The molecule has 0 bridgehead atoms. The van der Waals surface area contributed by atoms with Crippen LogP contribution in [-0.2, 0) is 19.1 Å². The van der Waals surface area contributed by atoms with Crippen molar-refractivity contribution in [2.75, 3.05) is 20.3 Å². The number of Topliss-reactive ketones (excluding diaryl/α,β-unsaturated/α-hetero) is 1. The lowest BCUT2D eigenvalue weighted by molar-refractivity contribution is -0.137. The van der Waals surface area contributed by atoms with Gasteiger partial charge in [-0.2, -0.15) is 0 Å². The molecule has 2 heterocycles. The van der Waals surface area contributed by atoms with Crippen molar-refractivity contribution in [1.29, 1.82) is 0 Å². The van der Waals surface area contributed by atoms with Gasteiger partial charge in [-0.15, -0.1) is 0 Å². The van der Waals surface area contributed by atoms with Gasteiger partial charge >= 0.3 is 0 Å². The van der Waals surface area contributed by atoms with Crippen molar-refractivity contribution in [3.63, 3.8) is 0 Å². The van der Waals surface area contributed by atoms with Gasteiger partial charge in [0.25, 0.3) is 5.91 Å². The number of ketones is 1. The summed E-state index contributed by atoms with van der Waals surface area (Å²) in [5.74, 6) is 0.742. The molecular weight excluding hydrogens is 358 g/mol. The highest BCUT2D eigenvalue weighted by molar-refractivity contribution is 6.11. The maximum absolute atomic E-state index is 13.5. The van der Waals surface area contributed by atoms with Crippen LogP contribution < -0.4 is 0 Å². The number of fused-ring (bicyclic) bond motifs is 1. The molecule has 1 aromatic carbocycles. The van der Waals surface area contributed by atoms with E-state index in [0.29, 0.717) is 36.1 Å². The minimum atomic E-state index is -0.548. The predicted octanol–water partition coefficient (Wildman–Crippen LogP) is 2.83. The molecule has 4 rings (SSSR count). The summed E-state index contributed by atoms with van der Waals surface area (Å²) in [5.41, 5.74) is 1.15. The Bertz CT molecular complexity index is 832. The van der Waals surface area contributed by atoms with Crippen LogP contribution in [0.3, 0.4) is 0 Å². The average Bonchev–Trinajstić information content (AvgIpc) is 2.94. The zero-order valence-corrected chi connectivity index (χ0v) is 16.6. The molecule has 0 saturated heterocycles. The van der Waals surface area contributed by atoms with E-state index in [1.807, 2.05) is 6.07 Å². The van der Waals surface area contributed by atoms with E-state index in [1.54, 1.807) is 30.2 Å². The number of aromatic hydroxyl groups is 1. The Labute approximate surface area is 165 Å². The van der Waals surface area contributed by atoms with E-state index in [1.165, 1.54) is 0 Å². The van der Waals surface area contributed by atoms with Crippen LogP contribution in [0.15, 0.2) is 35.6 Å². The largest absolute Gasteiger partial charge is 0.508 e. The highest BCUT2D eigenvalue weighted by Crippen LogP contribution is 2.48. The Hall–Kier alpha value is -2.34. The lowest BCUT2D eigenvalue weighted by Crippen LogP contribution is -2.43. The molecule has 28 heavy (non-hydrogen) atoms. The van der Waals surface area contributed by atoms with Gasteiger partial charge in [-0.25, -0.2) is 0 Å². The second kappa shape index (κ2) is 7.24. The van der Waals surface area contributed by atoms with E-state index >= 15 is 0 Å². The Morgan fingerprint density at radius 1 is 1.21 bits per heavy atom. The Kier molecular flexibility index (Phi) is 4.91. The van der Waals surface area contributed by atoms with Gasteiger partial charge in [-0.3, -0.25) is 9.59 Å². The van der Waals surface area contributed by atoms with Crippen molar-refractivity contribution >= 4 is 11.7 Å². The summed E-state index contributed by atoms with van der Waals surface area (Å²) < 4.78 is 11.3. The Morgan fingerprint density at radius 2 is 1.96 bits per heavy atom. The maximum atomic E-state index is 13.5. The van der Waals surface area contributed by atoms with E-state index in [-0.39, 0.29) is 35.2 Å². The highest BCUT2D eigenvalue weighted by atomic mass is 16.5. The molecule has 1 N–H and O–H groups in total. The van der Waals surface area contributed by atoms with Gasteiger partial charge < -0.3 is 19.5 Å². The van der Waals surface area contributed by atoms with Gasteiger partial charge in [0.1, 0.15) is 11.9 Å². The number of ether oxygens (including phenoxy) is 2. The number of benzene rings is 1. The van der Waals surface area contributed by atoms with Crippen LogP contribution in [0.2, 0.25) is 0 Å². The number of phenolic OH excluding ortho intramolecular Hbond substituents is 1. The SMILES string of the molecule is COCCN1C(=O)C2=C(C(=O)C3CC(C)C(C)CC3O2)C1c1cccc(O)c1. The summed E-state index contributed by atoms with van der Waals surface area (Å²) in [7, 11) is 1.58. The lowest BCUT2D eigenvalue weighted by Gasteiger charge is -2.40. The van der Waals surface area contributed by atoms with Crippen LogP contribution in [-0.4, -0.2) is 48.1 Å². The number of carbonyl (C=O) groups is 2. The number of nitrogens with zero attached hydrogens (tertiary/aromatic N) is 1. The van der Waals surface area contributed by atoms with Crippen molar-refractivity contribution in [2.24, 2.45) is 17.8 Å². The summed E-state index contributed by atoms with van der Waals surface area (Å²) in [4.78, 5) is 28.3. The fraction of sp³-hybridized carbons (Fsp3) is 0.545. The second-order valence-corrected chi connectivity index (χ2v) is 8.28. The first kappa shape index (κ1) is 19.0. The standard InChI is InChI=1S/C22H27NO5/c1-12-9-16-17(10-13(12)2)28-21-18(20(16)25)19(14-5-4-6-15(24)11-14)23(22(21)26)7-8-27-3/h4-6,11-13,16-17,19,24H,7-10H2,1-3H3. The monoisotopic (exact) mass is 385 g/mol. The van der Waals surface area contributed by atoms with Gasteiger partial charge in [0, 0.05) is 13.7 Å². The number of carbonyl (C=O) groups excluding carboxylic acids is 2. The molecule has 0 spiro atoms. The second-order valence-electron chi connectivity index (χ2n) is 8.28. The first-order valence-electron chi connectivity index (χ1n) is 9.96. The van der Waals surface area contributed by atoms with Crippen molar-refractivity contribution in [3.05, 3.63) is 41.2 Å². The molecule has 2 aliphatic heterocycles. The Balaban J connectivity index is 1.76. The fourth-order valence-corrected chi connectivity index (χ4v) is 4.77. The quantitative estimate of drug-likeness (QED) is 0.863. The van der Waals surface area contributed by atoms with E-state index in [9.17, 15) is 14.7 Å². The molecule has 1 amide bonds. The summed E-state index contributed by atoms with van der Waals surface area (Å²) >= 11 is 0. The average molecular weight is 385 g/mol. The molecule has 150 valence electrons. The highest BCUT2D eigenvalue weighted by Gasteiger charge is 2.53. The molecule has 1 aromatic rings. The topological polar surface area (TPSA) is 76.1 Å². The zero-order chi connectivity index (χ0) is 20.0. The summed E-state index contributed by atoms with van der Waals surface area (Å²) in [6.07, 6.45) is 1.34. The van der Waals surface area contributed by atoms with Crippen LogP contribution in [0.5, 0.6) is 5.75 Å². The molecule has 3 aliphatic rings. The van der Waals surface area contributed by atoms with Crippen molar-refractivity contribution < 1.29 is 24.2 Å². The number of hydrogen-bond donors (Lipinski definition) is 1. The predicted molar refractivity (Wildman–Crippen MR) is 102 cm³/mol. The molecule has 1 fully saturated rings. The molecular formula is C22H27NO5. The summed E-state index contributed by atoms with van der Waals surface area (Å²) in [6.45, 7) is 5.06. The third-order valence-corrected chi connectivity index (χ3v) is 6.53. The normalized spacial score (nSPS) is 32.2. The Morgan fingerprint density at radius 3 is 2.68 bits per heavy atom. The van der Waals surface area contributed by atoms with Gasteiger partial charge in [-0.05, 0) is 42.4 Å². The number of rotatable bonds is 4. The first-order chi connectivity index (χ1) is 13.4. The number of phenols is 1. The van der Waals surface area contributed by atoms with Crippen LogP contribution in [0.1, 0.15) is 38.3 Å². The van der Waals surface area contributed by atoms with Crippen molar-refractivity contribution in [3.8, 4) is 5.75 Å². The third kappa shape index (κ3) is 3.00. The van der Waals surface area contributed by atoms with Gasteiger partial charge in [0.05, 0.1) is 24.1 Å². The molecule has 6 nitrogen and oxygen atoms in total. The molecule has 6 heteroatoms. The zero-order valence-electron chi connectivity index (χ0n) is 16.6. The maximum Gasteiger partial charge on any atom is 0.290 e. The molecule has 1 aliphatic carbocycles. The van der Waals surface area contributed by atoms with Crippen molar-refractivity contribution in [1.82, 2.24) is 4.90 Å². The minimum absolute atomic E-state index is 0.0200. The molecule has 0 radical (unpaired) electrons. The van der Waals surface area contributed by atoms with E-state index in [2.05, 4.69) is 13.8 Å². The van der Waals surface area contributed by atoms with Crippen LogP contribution in [0.25, 0.3) is 0 Å². The van der Waals surface area contributed by atoms with Crippen LogP contribution in [0, 0.1) is 17.8 Å². The number of methoxy groups -OCH3 is 1. The van der Waals surface area contributed by atoms with Gasteiger partial charge in [0.15, 0.2) is 11.5 Å². The summed E-state index contributed by atoms with van der Waals surface area (Å²) in [6, 6.07) is 6.20. The molecule has 5 unspecified atom stereocenters. The van der Waals surface area contributed by atoms with E-state index in [4.69, 9.17) is 9.47 Å². The van der Waals surface area contributed by atoms with Crippen LogP contribution in [0.4, 0.5) is 0 Å². The van der Waals surface area contributed by atoms with Crippen LogP contribution >= 0.6 is 0 Å². The molecule has 5 atom stereocenters. The van der Waals surface area contributed by atoms with E-state index < -0.39 is 6.04 Å². The molecule has 0 aromatic heterocycles. The van der Waals surface area contributed by atoms with Gasteiger partial charge in [-0.1, -0.05) is 26.0 Å². The first-order valence-corrected chi connectivity index (χ1v) is 9.96.